The van der Waals surface area contributed by atoms with Crippen LogP contribution in [0.25, 0.3) is 0 Å². The first-order valence-electron chi connectivity index (χ1n) is 7.91. The molecule has 8 nitrogen and oxygen atoms in total. The quantitative estimate of drug-likeness (QED) is 0.209. The predicted molar refractivity (Wildman–Crippen MR) is 106 cm³/mol. The summed E-state index contributed by atoms with van der Waals surface area (Å²) in [4.78, 5) is 10.3. The molecule has 0 aliphatic rings. The van der Waals surface area contributed by atoms with Crippen LogP contribution in [0.5, 0.6) is 5.75 Å². The lowest BCUT2D eigenvalue weighted by Crippen LogP contribution is -2.35. The molecule has 0 saturated heterocycles. The van der Waals surface area contributed by atoms with Gasteiger partial charge in [-0.3, -0.25) is 10.1 Å². The van der Waals surface area contributed by atoms with E-state index in [2.05, 4.69) is 4.40 Å². The molecule has 28 heavy (non-hydrogen) atoms. The van der Waals surface area contributed by atoms with E-state index >= 15 is 0 Å². The van der Waals surface area contributed by atoms with Gasteiger partial charge < -0.3 is 9.47 Å². The van der Waals surface area contributed by atoms with Crippen molar-refractivity contribution in [1.29, 1.82) is 0 Å². The zero-order valence-electron chi connectivity index (χ0n) is 14.8. The van der Waals surface area contributed by atoms with Crippen LogP contribution in [-0.4, -0.2) is 31.9 Å². The van der Waals surface area contributed by atoms with E-state index in [0.717, 1.165) is 0 Å². The average Bonchev–Trinajstić information content (AvgIpc) is 2.67. The Kier molecular flexibility index (Phi) is 7.22. The van der Waals surface area contributed by atoms with E-state index in [1.54, 1.807) is 36.4 Å². The average molecular weight is 447 g/mol. The van der Waals surface area contributed by atoms with E-state index in [9.17, 15) is 18.5 Å². The second-order valence-corrected chi connectivity index (χ2v) is 7.77. The summed E-state index contributed by atoms with van der Waals surface area (Å²) in [7, 11) is -3.59. The summed E-state index contributed by atoms with van der Waals surface area (Å²) in [6, 6.07) is 10.9. The van der Waals surface area contributed by atoms with E-state index in [1.807, 2.05) is 6.92 Å². The molecular formula is C17H16Cl2N2O6S. The zero-order chi connectivity index (χ0) is 20.9. The maximum Gasteiger partial charge on any atom is 0.476 e. The fourth-order valence-electron chi connectivity index (χ4n) is 2.21. The van der Waals surface area contributed by atoms with Gasteiger partial charge in [0, 0.05) is 5.56 Å². The highest BCUT2D eigenvalue weighted by molar-refractivity contribution is 7.90. The smallest absolute Gasteiger partial charge is 0.476 e. The van der Waals surface area contributed by atoms with Crippen molar-refractivity contribution in [3.63, 3.8) is 0 Å². The minimum atomic E-state index is -4.78. The highest BCUT2D eigenvalue weighted by atomic mass is 35.5. The number of aryl methyl sites for hydroxylation is 1. The lowest BCUT2D eigenvalue weighted by Gasteiger charge is -2.14. The molecule has 0 aromatic heterocycles. The van der Waals surface area contributed by atoms with Crippen LogP contribution >= 0.6 is 23.2 Å². The van der Waals surface area contributed by atoms with E-state index < -0.39 is 20.5 Å². The molecule has 0 spiro atoms. The fraction of sp³-hybridized carbons (Fsp3) is 0.235. The largest absolute Gasteiger partial charge is 0.480 e. The Balaban J connectivity index is 2.44. The summed E-state index contributed by atoms with van der Waals surface area (Å²) < 4.78 is 38.5. The molecular weight excluding hydrogens is 431 g/mol. The van der Waals surface area contributed by atoms with Gasteiger partial charge in [-0.15, -0.1) is 4.40 Å². The normalized spacial score (nSPS) is 13.1. The first-order valence-corrected chi connectivity index (χ1v) is 10.2. The Labute approximate surface area is 171 Å². The van der Waals surface area contributed by atoms with Crippen molar-refractivity contribution in [2.75, 3.05) is 7.11 Å². The predicted octanol–water partition coefficient (Wildman–Crippen LogP) is 3.92. The highest BCUT2D eigenvalue weighted by Gasteiger charge is 2.40. The molecule has 0 aliphatic carbocycles. The standard InChI is InChI=1S/C17H16Cl2N2O6S/c1-3-11-9-10-13(15(19)14(11)18)27-17(21(22)23)28(24,25)20-16(26-2)12-7-5-4-6-8-12/h4-10,17H,3H2,1-2H3/b20-16-. The lowest BCUT2D eigenvalue weighted by molar-refractivity contribution is -0.534. The summed E-state index contributed by atoms with van der Waals surface area (Å²) in [6.07, 6.45) is 0.564. The van der Waals surface area contributed by atoms with Gasteiger partial charge in [0.2, 0.25) is 5.90 Å². The number of benzene rings is 2. The third kappa shape index (κ3) is 4.92. The number of hydrogen-bond donors (Lipinski definition) is 0. The van der Waals surface area contributed by atoms with Crippen LogP contribution in [0.15, 0.2) is 46.9 Å². The van der Waals surface area contributed by atoms with Gasteiger partial charge in [0.05, 0.1) is 17.1 Å². The molecule has 0 N–H and O–H groups in total. The van der Waals surface area contributed by atoms with Gasteiger partial charge >= 0.3 is 15.6 Å². The van der Waals surface area contributed by atoms with Crippen molar-refractivity contribution >= 4 is 39.1 Å². The van der Waals surface area contributed by atoms with Crippen molar-refractivity contribution in [2.24, 2.45) is 4.40 Å². The van der Waals surface area contributed by atoms with Gasteiger partial charge in [-0.05, 0) is 30.2 Å². The SMILES string of the molecule is CCc1ccc(OC([N+](=O)[O-])S(=O)(=O)/N=C(\OC)c2ccccc2)c(Cl)c1Cl. The molecule has 2 rings (SSSR count). The van der Waals surface area contributed by atoms with Gasteiger partial charge in [0.1, 0.15) is 10.8 Å². The lowest BCUT2D eigenvalue weighted by atomic mass is 10.1. The van der Waals surface area contributed by atoms with E-state index in [4.69, 9.17) is 32.7 Å². The molecule has 0 saturated carbocycles. The molecule has 150 valence electrons. The summed E-state index contributed by atoms with van der Waals surface area (Å²) in [5.74, 6) is -0.565. The second-order valence-electron chi connectivity index (χ2n) is 5.40. The van der Waals surface area contributed by atoms with Gasteiger partial charge in [-0.25, -0.2) is 0 Å². The molecule has 0 radical (unpaired) electrons. The third-order valence-electron chi connectivity index (χ3n) is 3.59. The number of rotatable bonds is 7. The molecule has 1 atom stereocenters. The van der Waals surface area contributed by atoms with E-state index in [1.165, 1.54) is 13.2 Å². The number of nitrogens with zero attached hydrogens (tertiary/aromatic N) is 2. The number of nitro groups is 1. The monoisotopic (exact) mass is 446 g/mol. The second kappa shape index (κ2) is 9.22. The van der Waals surface area contributed by atoms with Crippen LogP contribution in [-0.2, 0) is 21.2 Å². The van der Waals surface area contributed by atoms with E-state index in [-0.39, 0.29) is 21.7 Å². The summed E-state index contributed by atoms with van der Waals surface area (Å²) in [5, 5.41) is 11.4. The molecule has 1 unspecified atom stereocenters. The summed E-state index contributed by atoms with van der Waals surface area (Å²) in [5.41, 5.74) is -1.53. The Bertz CT molecular complexity index is 996. The summed E-state index contributed by atoms with van der Waals surface area (Å²) in [6.45, 7) is 1.84. The first kappa shape index (κ1) is 21.9. The number of hydrogen-bond acceptors (Lipinski definition) is 6. The van der Waals surface area contributed by atoms with Crippen LogP contribution in [0, 0.1) is 10.1 Å². The minimum absolute atomic E-state index is 0.123. The number of methoxy groups -OCH3 is 1. The van der Waals surface area contributed by atoms with E-state index in [0.29, 0.717) is 17.5 Å². The molecule has 0 aliphatic heterocycles. The van der Waals surface area contributed by atoms with Crippen LogP contribution < -0.4 is 4.74 Å². The third-order valence-corrected chi connectivity index (χ3v) is 5.69. The van der Waals surface area contributed by atoms with Crippen LogP contribution in [0.4, 0.5) is 0 Å². The maximum atomic E-state index is 12.5. The van der Waals surface area contributed by atoms with Crippen molar-refractivity contribution in [3.05, 3.63) is 73.8 Å². The van der Waals surface area contributed by atoms with Crippen LogP contribution in [0.3, 0.4) is 0 Å². The van der Waals surface area contributed by atoms with Crippen molar-refractivity contribution in [2.45, 2.75) is 18.9 Å². The van der Waals surface area contributed by atoms with Gasteiger partial charge in [-0.2, -0.15) is 8.42 Å². The zero-order valence-corrected chi connectivity index (χ0v) is 17.2. The van der Waals surface area contributed by atoms with Crippen LogP contribution in [0.2, 0.25) is 10.0 Å². The topological polar surface area (TPSA) is 108 Å². The highest BCUT2D eigenvalue weighted by Crippen LogP contribution is 2.36. The molecule has 0 amide bonds. The maximum absolute atomic E-state index is 12.5. The number of ether oxygens (including phenoxy) is 2. The van der Waals surface area contributed by atoms with Crippen LogP contribution in [0.1, 0.15) is 18.1 Å². The molecule has 0 bridgehead atoms. The van der Waals surface area contributed by atoms with Gasteiger partial charge in [-0.1, -0.05) is 54.4 Å². The molecule has 11 heteroatoms. The Morgan fingerprint density at radius 2 is 1.82 bits per heavy atom. The van der Waals surface area contributed by atoms with Gasteiger partial charge in [0.25, 0.3) is 0 Å². The Morgan fingerprint density at radius 1 is 1.18 bits per heavy atom. The molecule has 0 fully saturated rings. The van der Waals surface area contributed by atoms with Crippen molar-refractivity contribution in [1.82, 2.24) is 0 Å². The molecule has 2 aromatic carbocycles. The Morgan fingerprint density at radius 3 is 2.36 bits per heavy atom. The fourth-order valence-corrected chi connectivity index (χ4v) is 3.67. The molecule has 2 aromatic rings. The van der Waals surface area contributed by atoms with Gasteiger partial charge in [0.15, 0.2) is 0 Å². The Hall–Kier alpha value is -2.36. The minimum Gasteiger partial charge on any atom is -0.480 e. The number of halogens is 2. The van der Waals surface area contributed by atoms with Crippen molar-refractivity contribution < 1.29 is 22.8 Å². The first-order chi connectivity index (χ1) is 13.2. The molecule has 0 heterocycles. The summed E-state index contributed by atoms with van der Waals surface area (Å²) >= 11 is 12.2. The van der Waals surface area contributed by atoms with Crippen molar-refractivity contribution in [3.8, 4) is 5.75 Å². The number of sulfonamides is 1.